The summed E-state index contributed by atoms with van der Waals surface area (Å²) in [5.41, 5.74) is 0.580. The monoisotopic (exact) mass is 211 g/mol. The summed E-state index contributed by atoms with van der Waals surface area (Å²) in [5, 5.41) is 8.11. The molecule has 1 aromatic rings. The van der Waals surface area contributed by atoms with Crippen molar-refractivity contribution in [2.24, 2.45) is 12.0 Å². The lowest BCUT2D eigenvalue weighted by Gasteiger charge is -2.19. The lowest BCUT2D eigenvalue weighted by molar-refractivity contribution is 0.327. The maximum Gasteiger partial charge on any atom is 0.241 e. The van der Waals surface area contributed by atoms with Crippen LogP contribution in [0.25, 0.3) is 0 Å². The molecule has 1 aromatic heterocycles. The minimum Gasteiger partial charge on any atom is -0.244 e. The third-order valence-corrected chi connectivity index (χ3v) is 1.81. The van der Waals surface area contributed by atoms with Gasteiger partial charge in [-0.25, -0.2) is 14.4 Å². The summed E-state index contributed by atoms with van der Waals surface area (Å²) in [7, 11) is 1.86. The number of hydrogen-bond donors (Lipinski definition) is 0. The Morgan fingerprint density at radius 2 is 1.53 bits per heavy atom. The van der Waals surface area contributed by atoms with Crippen LogP contribution in [0.5, 0.6) is 0 Å². The number of aryl methyl sites for hydroxylation is 1. The van der Waals surface area contributed by atoms with Crippen LogP contribution in [0, 0.1) is 0 Å². The van der Waals surface area contributed by atoms with E-state index in [0.717, 1.165) is 5.62 Å². The highest BCUT2D eigenvalue weighted by Crippen LogP contribution is 2.09. The molecule has 0 bridgehead atoms. The van der Waals surface area contributed by atoms with Gasteiger partial charge in [-0.15, -0.1) is 0 Å². The topological polar surface area (TPSA) is 48.0 Å². The Morgan fingerprint density at radius 3 is 1.93 bits per heavy atom. The van der Waals surface area contributed by atoms with Gasteiger partial charge in [0.25, 0.3) is 0 Å². The van der Waals surface area contributed by atoms with Crippen LogP contribution in [-0.4, -0.2) is 25.3 Å². The summed E-state index contributed by atoms with van der Waals surface area (Å²) in [4.78, 5) is 4.62. The summed E-state index contributed by atoms with van der Waals surface area (Å²) < 4.78 is 3.55. The first-order chi connectivity index (χ1) is 6.61. The second kappa shape index (κ2) is 3.47. The fourth-order valence-electron chi connectivity index (χ4n) is 1.17. The van der Waals surface area contributed by atoms with E-state index in [1.807, 2.05) is 11.7 Å². The molecule has 15 heavy (non-hydrogen) atoms. The number of hydrogen-bond acceptors (Lipinski definition) is 3. The Bertz CT molecular complexity index is 397. The van der Waals surface area contributed by atoms with Gasteiger partial charge in [-0.05, 0) is 52.0 Å². The maximum absolute atomic E-state index is 4.62. The average molecular weight is 211 g/mol. The number of tetrazole rings is 1. The van der Waals surface area contributed by atoms with E-state index >= 15 is 0 Å². The van der Waals surface area contributed by atoms with Gasteiger partial charge >= 0.3 is 0 Å². The van der Waals surface area contributed by atoms with Gasteiger partial charge in [-0.2, -0.15) is 0 Å². The first-order valence-electron chi connectivity index (χ1n) is 5.17. The van der Waals surface area contributed by atoms with Crippen molar-refractivity contribution in [2.45, 2.75) is 52.6 Å². The quantitative estimate of drug-likeness (QED) is 0.644. The second-order valence-corrected chi connectivity index (χ2v) is 5.77. The van der Waals surface area contributed by atoms with E-state index in [0.29, 0.717) is 0 Å². The fourth-order valence-corrected chi connectivity index (χ4v) is 1.17. The summed E-state index contributed by atoms with van der Waals surface area (Å²) in [6.07, 6.45) is 0. The largest absolute Gasteiger partial charge is 0.244 e. The Morgan fingerprint density at radius 1 is 1.00 bits per heavy atom. The molecule has 86 valence electrons. The SMILES string of the molecule is Cn1nnn(C(C)(C)C)c1=NC(C)(C)C. The predicted octanol–water partition coefficient (Wildman–Crippen LogP) is 1.07. The van der Waals surface area contributed by atoms with Crippen molar-refractivity contribution in [3.63, 3.8) is 0 Å². The highest BCUT2D eigenvalue weighted by atomic mass is 15.6. The molecule has 0 saturated heterocycles. The lowest BCUT2D eigenvalue weighted by Crippen LogP contribution is -2.38. The number of aromatic nitrogens is 4. The van der Waals surface area contributed by atoms with Crippen LogP contribution in [0.1, 0.15) is 41.5 Å². The molecule has 0 unspecified atom stereocenters. The van der Waals surface area contributed by atoms with Gasteiger partial charge in [0.05, 0.1) is 11.1 Å². The van der Waals surface area contributed by atoms with E-state index in [1.54, 1.807) is 4.68 Å². The van der Waals surface area contributed by atoms with Crippen molar-refractivity contribution in [1.82, 2.24) is 19.8 Å². The summed E-state index contributed by atoms with van der Waals surface area (Å²) >= 11 is 0. The number of nitrogens with zero attached hydrogens (tertiary/aromatic N) is 5. The predicted molar refractivity (Wildman–Crippen MR) is 59.3 cm³/mol. The zero-order valence-electron chi connectivity index (χ0n) is 10.7. The molecule has 0 aliphatic carbocycles. The molecule has 0 radical (unpaired) electrons. The van der Waals surface area contributed by atoms with Crippen LogP contribution in [0.15, 0.2) is 4.99 Å². The van der Waals surface area contributed by atoms with Crippen LogP contribution in [0.2, 0.25) is 0 Å². The highest BCUT2D eigenvalue weighted by Gasteiger charge is 2.19. The van der Waals surface area contributed by atoms with Gasteiger partial charge in [0.2, 0.25) is 5.62 Å². The van der Waals surface area contributed by atoms with E-state index in [-0.39, 0.29) is 11.1 Å². The molecular weight excluding hydrogens is 190 g/mol. The number of rotatable bonds is 0. The van der Waals surface area contributed by atoms with Gasteiger partial charge in [-0.1, -0.05) is 0 Å². The van der Waals surface area contributed by atoms with E-state index in [4.69, 9.17) is 0 Å². The Labute approximate surface area is 90.8 Å². The summed E-state index contributed by atoms with van der Waals surface area (Å²) in [5.74, 6) is 0. The molecule has 1 rings (SSSR count). The smallest absolute Gasteiger partial charge is 0.241 e. The standard InChI is InChI=1S/C10H21N5/c1-9(2,3)11-8-14(7)12-13-15(8)10(4,5)6/h1-7H3. The third kappa shape index (κ3) is 2.91. The maximum atomic E-state index is 4.62. The van der Waals surface area contributed by atoms with Gasteiger partial charge in [0, 0.05) is 7.05 Å². The summed E-state index contributed by atoms with van der Waals surface area (Å²) in [6, 6.07) is 0. The third-order valence-electron chi connectivity index (χ3n) is 1.81. The van der Waals surface area contributed by atoms with Gasteiger partial charge in [0.15, 0.2) is 0 Å². The van der Waals surface area contributed by atoms with E-state index in [9.17, 15) is 0 Å². The van der Waals surface area contributed by atoms with Crippen LogP contribution in [0.4, 0.5) is 0 Å². The van der Waals surface area contributed by atoms with Gasteiger partial charge < -0.3 is 0 Å². The van der Waals surface area contributed by atoms with E-state index < -0.39 is 0 Å². The van der Waals surface area contributed by atoms with Crippen LogP contribution in [-0.2, 0) is 12.6 Å². The molecule has 0 saturated carbocycles. The van der Waals surface area contributed by atoms with Crippen molar-refractivity contribution >= 4 is 0 Å². The van der Waals surface area contributed by atoms with Gasteiger partial charge in [0.1, 0.15) is 0 Å². The zero-order valence-corrected chi connectivity index (χ0v) is 10.7. The van der Waals surface area contributed by atoms with Crippen LogP contribution in [0.3, 0.4) is 0 Å². The Balaban J connectivity index is 3.41. The van der Waals surface area contributed by atoms with Crippen molar-refractivity contribution in [3.05, 3.63) is 5.62 Å². The molecule has 0 aliphatic rings. The summed E-state index contributed by atoms with van der Waals surface area (Å²) in [6.45, 7) is 12.4. The molecule has 0 atom stereocenters. The molecular formula is C10H21N5. The molecule has 0 aliphatic heterocycles. The fraction of sp³-hybridized carbons (Fsp3) is 0.900. The molecule has 0 spiro atoms. The Kier molecular flexibility index (Phi) is 2.76. The minimum atomic E-state index is -0.123. The molecule has 0 amide bonds. The van der Waals surface area contributed by atoms with Gasteiger partial charge in [-0.3, -0.25) is 0 Å². The molecule has 0 aromatic carbocycles. The zero-order chi connectivity index (χ0) is 11.9. The highest BCUT2D eigenvalue weighted by molar-refractivity contribution is 4.76. The van der Waals surface area contributed by atoms with Crippen molar-refractivity contribution in [3.8, 4) is 0 Å². The van der Waals surface area contributed by atoms with Crippen molar-refractivity contribution in [2.75, 3.05) is 0 Å². The molecule has 5 heteroatoms. The average Bonchev–Trinajstić information content (AvgIpc) is 2.28. The molecule has 5 nitrogen and oxygen atoms in total. The molecule has 0 N–H and O–H groups in total. The van der Waals surface area contributed by atoms with Crippen molar-refractivity contribution < 1.29 is 0 Å². The van der Waals surface area contributed by atoms with Crippen LogP contribution < -0.4 is 5.62 Å². The van der Waals surface area contributed by atoms with E-state index in [2.05, 4.69) is 57.0 Å². The minimum absolute atomic E-state index is 0.0989. The normalized spacial score (nSPS) is 14.7. The first-order valence-corrected chi connectivity index (χ1v) is 5.17. The lowest BCUT2D eigenvalue weighted by atomic mass is 10.1. The van der Waals surface area contributed by atoms with E-state index in [1.165, 1.54) is 0 Å². The molecule has 1 heterocycles. The second-order valence-electron chi connectivity index (χ2n) is 5.77. The van der Waals surface area contributed by atoms with Crippen LogP contribution >= 0.6 is 0 Å². The molecule has 0 fully saturated rings. The Hall–Kier alpha value is -1.13. The van der Waals surface area contributed by atoms with Crippen molar-refractivity contribution in [1.29, 1.82) is 0 Å². The first kappa shape index (κ1) is 11.9.